The third-order valence-electron chi connectivity index (χ3n) is 2.76. The molecule has 1 fully saturated rings. The largest absolute Gasteiger partial charge is 0.381 e. The van der Waals surface area contributed by atoms with Gasteiger partial charge < -0.3 is 15.4 Å². The molecule has 17 heavy (non-hydrogen) atoms. The fourth-order valence-corrected chi connectivity index (χ4v) is 2.51. The quantitative estimate of drug-likeness (QED) is 0.857. The lowest BCUT2D eigenvalue weighted by Crippen LogP contribution is -2.35. The number of aromatic nitrogens is 2. The molecular weight excluding hydrogens is 240 g/mol. The molecule has 0 spiro atoms. The number of hydrogen-bond donors (Lipinski definition) is 1. The predicted molar refractivity (Wildman–Crippen MR) is 64.8 cm³/mol. The Morgan fingerprint density at radius 3 is 3.06 bits per heavy atom. The van der Waals surface area contributed by atoms with E-state index in [2.05, 4.69) is 10.2 Å². The Bertz CT molecular complexity index is 389. The van der Waals surface area contributed by atoms with Gasteiger partial charge in [0.15, 0.2) is 0 Å². The molecule has 2 heterocycles. The van der Waals surface area contributed by atoms with Gasteiger partial charge in [0, 0.05) is 20.2 Å². The van der Waals surface area contributed by atoms with E-state index in [1.807, 2.05) is 0 Å². The van der Waals surface area contributed by atoms with Crippen molar-refractivity contribution < 1.29 is 9.53 Å². The van der Waals surface area contributed by atoms with E-state index in [0.29, 0.717) is 22.6 Å². The van der Waals surface area contributed by atoms with Crippen LogP contribution in [0.15, 0.2) is 0 Å². The molecule has 1 unspecified atom stereocenters. The lowest BCUT2D eigenvalue weighted by atomic mass is 10.0. The molecule has 1 aromatic rings. The maximum atomic E-state index is 12.0. The lowest BCUT2D eigenvalue weighted by Gasteiger charge is -2.26. The van der Waals surface area contributed by atoms with Crippen molar-refractivity contribution in [2.75, 3.05) is 32.5 Å². The Hall–Kier alpha value is -1.21. The standard InChI is InChI=1S/C10H16N4O2S/c1-14(5-7-3-2-4-16-6-7)9(15)8-12-13-10(11)17-8/h7H,2-6H2,1H3,(H2,11,13). The summed E-state index contributed by atoms with van der Waals surface area (Å²) in [5.74, 6) is 0.299. The summed E-state index contributed by atoms with van der Waals surface area (Å²) in [6, 6.07) is 0. The number of nitrogens with zero attached hydrogens (tertiary/aromatic N) is 3. The first-order chi connectivity index (χ1) is 8.16. The van der Waals surface area contributed by atoms with E-state index in [4.69, 9.17) is 10.5 Å². The second kappa shape index (κ2) is 5.42. The number of hydrogen-bond acceptors (Lipinski definition) is 6. The first kappa shape index (κ1) is 12.3. The molecule has 1 aliphatic rings. The molecule has 1 amide bonds. The summed E-state index contributed by atoms with van der Waals surface area (Å²) >= 11 is 1.12. The van der Waals surface area contributed by atoms with Crippen LogP contribution in [0.2, 0.25) is 0 Å². The first-order valence-electron chi connectivity index (χ1n) is 5.59. The van der Waals surface area contributed by atoms with E-state index in [-0.39, 0.29) is 5.91 Å². The number of nitrogen functional groups attached to an aromatic ring is 1. The molecule has 1 atom stereocenters. The van der Waals surface area contributed by atoms with E-state index in [1.54, 1.807) is 11.9 Å². The van der Waals surface area contributed by atoms with E-state index in [0.717, 1.165) is 37.4 Å². The van der Waals surface area contributed by atoms with E-state index < -0.39 is 0 Å². The third kappa shape index (κ3) is 3.13. The zero-order valence-electron chi connectivity index (χ0n) is 9.76. The van der Waals surface area contributed by atoms with Gasteiger partial charge in [-0.05, 0) is 18.8 Å². The number of amides is 1. The fraction of sp³-hybridized carbons (Fsp3) is 0.700. The number of rotatable bonds is 3. The second-order valence-corrected chi connectivity index (χ2v) is 5.22. The smallest absolute Gasteiger partial charge is 0.284 e. The Morgan fingerprint density at radius 2 is 2.47 bits per heavy atom. The molecule has 94 valence electrons. The van der Waals surface area contributed by atoms with Gasteiger partial charge in [-0.3, -0.25) is 4.79 Å². The molecule has 6 nitrogen and oxygen atoms in total. The zero-order valence-corrected chi connectivity index (χ0v) is 10.6. The molecule has 1 saturated heterocycles. The summed E-state index contributed by atoms with van der Waals surface area (Å²) < 4.78 is 5.39. The third-order valence-corrected chi connectivity index (χ3v) is 3.50. The molecule has 1 aliphatic heterocycles. The summed E-state index contributed by atoms with van der Waals surface area (Å²) in [4.78, 5) is 13.6. The predicted octanol–water partition coefficient (Wildman–Crippen LogP) is 0.619. The molecule has 0 radical (unpaired) electrons. The summed E-state index contributed by atoms with van der Waals surface area (Å²) in [7, 11) is 1.77. The maximum absolute atomic E-state index is 12.0. The first-order valence-corrected chi connectivity index (χ1v) is 6.40. The van der Waals surface area contributed by atoms with Crippen molar-refractivity contribution in [1.82, 2.24) is 15.1 Å². The van der Waals surface area contributed by atoms with Crippen LogP contribution in [0.4, 0.5) is 5.13 Å². The molecular formula is C10H16N4O2S. The molecule has 1 aromatic heterocycles. The number of carbonyl (C=O) groups excluding carboxylic acids is 1. The van der Waals surface area contributed by atoms with Gasteiger partial charge in [0.05, 0.1) is 6.61 Å². The Kier molecular flexibility index (Phi) is 3.90. The van der Waals surface area contributed by atoms with Crippen LogP contribution in [0, 0.1) is 5.92 Å². The Labute approximate surface area is 104 Å². The normalized spacial score (nSPS) is 20.2. The van der Waals surface area contributed by atoms with Crippen LogP contribution in [-0.4, -0.2) is 47.8 Å². The Morgan fingerprint density at radius 1 is 1.65 bits per heavy atom. The van der Waals surface area contributed by atoms with E-state index >= 15 is 0 Å². The maximum Gasteiger partial charge on any atom is 0.284 e. The Balaban J connectivity index is 1.90. The van der Waals surface area contributed by atoms with Crippen molar-refractivity contribution in [1.29, 1.82) is 0 Å². The van der Waals surface area contributed by atoms with E-state index in [1.165, 1.54) is 0 Å². The zero-order chi connectivity index (χ0) is 12.3. The van der Waals surface area contributed by atoms with Crippen molar-refractivity contribution in [3.05, 3.63) is 5.01 Å². The molecule has 2 rings (SSSR count). The van der Waals surface area contributed by atoms with Crippen LogP contribution in [0.25, 0.3) is 0 Å². The van der Waals surface area contributed by atoms with Crippen LogP contribution < -0.4 is 5.73 Å². The highest BCUT2D eigenvalue weighted by atomic mass is 32.1. The molecule has 7 heteroatoms. The molecule has 0 saturated carbocycles. The van der Waals surface area contributed by atoms with Gasteiger partial charge in [0.25, 0.3) is 5.91 Å². The number of carbonyl (C=O) groups is 1. The highest BCUT2D eigenvalue weighted by molar-refractivity contribution is 7.16. The molecule has 0 aromatic carbocycles. The van der Waals surface area contributed by atoms with Crippen molar-refractivity contribution >= 4 is 22.4 Å². The summed E-state index contributed by atoms with van der Waals surface area (Å²) in [6.45, 7) is 2.26. The van der Waals surface area contributed by atoms with Crippen molar-refractivity contribution in [2.45, 2.75) is 12.8 Å². The number of ether oxygens (including phenoxy) is 1. The highest BCUT2D eigenvalue weighted by Gasteiger charge is 2.21. The van der Waals surface area contributed by atoms with Crippen LogP contribution in [0.3, 0.4) is 0 Å². The minimum Gasteiger partial charge on any atom is -0.381 e. The van der Waals surface area contributed by atoms with Crippen LogP contribution in [0.5, 0.6) is 0 Å². The SMILES string of the molecule is CN(CC1CCCOC1)C(=O)c1nnc(N)s1. The minimum absolute atomic E-state index is 0.121. The van der Waals surface area contributed by atoms with Gasteiger partial charge in [-0.15, -0.1) is 10.2 Å². The van der Waals surface area contributed by atoms with Gasteiger partial charge in [-0.1, -0.05) is 11.3 Å². The van der Waals surface area contributed by atoms with Crippen LogP contribution >= 0.6 is 11.3 Å². The van der Waals surface area contributed by atoms with Gasteiger partial charge in [-0.25, -0.2) is 0 Å². The number of anilines is 1. The number of nitrogens with two attached hydrogens (primary N) is 1. The van der Waals surface area contributed by atoms with Crippen molar-refractivity contribution in [3.8, 4) is 0 Å². The van der Waals surface area contributed by atoms with Gasteiger partial charge in [0.2, 0.25) is 10.1 Å². The second-order valence-electron chi connectivity index (χ2n) is 4.21. The lowest BCUT2D eigenvalue weighted by molar-refractivity contribution is 0.0388. The van der Waals surface area contributed by atoms with Crippen LogP contribution in [-0.2, 0) is 4.74 Å². The van der Waals surface area contributed by atoms with Crippen molar-refractivity contribution in [3.63, 3.8) is 0 Å². The average Bonchev–Trinajstić information content (AvgIpc) is 2.76. The van der Waals surface area contributed by atoms with E-state index in [9.17, 15) is 4.79 Å². The van der Waals surface area contributed by atoms with Crippen LogP contribution in [0.1, 0.15) is 22.6 Å². The molecule has 0 bridgehead atoms. The van der Waals surface area contributed by atoms with Gasteiger partial charge in [-0.2, -0.15) is 0 Å². The summed E-state index contributed by atoms with van der Waals surface area (Å²) in [5, 5.41) is 8.06. The molecule has 2 N–H and O–H groups in total. The molecule has 0 aliphatic carbocycles. The topological polar surface area (TPSA) is 81.3 Å². The monoisotopic (exact) mass is 256 g/mol. The average molecular weight is 256 g/mol. The summed E-state index contributed by atoms with van der Waals surface area (Å²) in [5.41, 5.74) is 5.45. The minimum atomic E-state index is -0.121. The fourth-order valence-electron chi connectivity index (χ4n) is 1.91. The summed E-state index contributed by atoms with van der Waals surface area (Å²) in [6.07, 6.45) is 2.17. The highest BCUT2D eigenvalue weighted by Crippen LogP contribution is 2.17. The van der Waals surface area contributed by atoms with Gasteiger partial charge >= 0.3 is 0 Å². The van der Waals surface area contributed by atoms with Gasteiger partial charge in [0.1, 0.15) is 0 Å². The van der Waals surface area contributed by atoms with Crippen molar-refractivity contribution in [2.24, 2.45) is 5.92 Å².